The van der Waals surface area contributed by atoms with E-state index in [0.717, 1.165) is 5.56 Å². The first-order valence-electron chi connectivity index (χ1n) is 7.06. The molecule has 0 unspecified atom stereocenters. The van der Waals surface area contributed by atoms with Crippen molar-refractivity contribution in [2.75, 3.05) is 7.11 Å². The van der Waals surface area contributed by atoms with E-state index in [0.29, 0.717) is 12.2 Å². The number of aromatic nitrogens is 1. The molecule has 1 fully saturated rings. The van der Waals surface area contributed by atoms with Gasteiger partial charge in [-0.2, -0.15) is 0 Å². The van der Waals surface area contributed by atoms with Crippen LogP contribution in [-0.2, 0) is 20.6 Å². The minimum Gasteiger partial charge on any atom is -0.497 e. The lowest BCUT2D eigenvalue weighted by Gasteiger charge is -2.06. The topological polar surface area (TPSA) is 98.5 Å². The van der Waals surface area contributed by atoms with E-state index in [-0.39, 0.29) is 23.3 Å². The van der Waals surface area contributed by atoms with Gasteiger partial charge in [-0.1, -0.05) is 17.3 Å². The lowest BCUT2D eigenvalue weighted by Crippen LogP contribution is -2.33. The van der Waals surface area contributed by atoms with Crippen molar-refractivity contribution in [1.82, 2.24) is 9.88 Å². The lowest BCUT2D eigenvalue weighted by atomic mass is 10.1. The number of hydrogen-bond acceptors (Lipinski definition) is 6. The van der Waals surface area contributed by atoms with Crippen LogP contribution in [0.1, 0.15) is 23.6 Å². The van der Waals surface area contributed by atoms with E-state index in [9.17, 15) is 13.2 Å². The first kappa shape index (κ1) is 15.5. The van der Waals surface area contributed by atoms with Crippen LogP contribution in [-0.4, -0.2) is 26.6 Å². The van der Waals surface area contributed by atoms with Crippen molar-refractivity contribution in [2.24, 2.45) is 5.92 Å². The third kappa shape index (κ3) is 3.70. The molecule has 3 rings (SSSR count). The fourth-order valence-electron chi connectivity index (χ4n) is 2.50. The Bertz CT molecular complexity index is 801. The minimum atomic E-state index is -3.77. The summed E-state index contributed by atoms with van der Waals surface area (Å²) in [5.41, 5.74) is 1.23. The number of methoxy groups -OCH3 is 1. The Morgan fingerprint density at radius 3 is 2.96 bits per heavy atom. The summed E-state index contributed by atoms with van der Waals surface area (Å²) in [5.74, 6) is -0.471. The van der Waals surface area contributed by atoms with Crippen molar-refractivity contribution >= 4 is 15.9 Å². The zero-order valence-electron chi connectivity index (χ0n) is 12.4. The highest BCUT2D eigenvalue weighted by molar-refractivity contribution is 7.89. The summed E-state index contributed by atoms with van der Waals surface area (Å²) < 4.78 is 35.7. The smallest absolute Gasteiger partial charge is 0.240 e. The number of nitrogens with one attached hydrogen (secondary N) is 1. The number of ether oxygens (including phenoxy) is 1. The number of sulfonamides is 1. The van der Waals surface area contributed by atoms with E-state index in [1.54, 1.807) is 7.11 Å². The summed E-state index contributed by atoms with van der Waals surface area (Å²) in [6, 6.07) is 8.89. The van der Waals surface area contributed by atoms with Gasteiger partial charge in [-0.25, -0.2) is 8.42 Å². The molecule has 1 amide bonds. The molecule has 2 atom stereocenters. The van der Waals surface area contributed by atoms with Crippen molar-refractivity contribution in [2.45, 2.75) is 18.1 Å². The molecule has 23 heavy (non-hydrogen) atoms. The van der Waals surface area contributed by atoms with Crippen LogP contribution in [0, 0.1) is 5.92 Å². The average molecular weight is 336 g/mol. The third-order valence-electron chi connectivity index (χ3n) is 3.73. The number of carbonyl (C=O) groups is 1. The summed E-state index contributed by atoms with van der Waals surface area (Å²) in [4.78, 5) is 12.1. The normalized spacial score (nSPS) is 20.0. The molecular weight excluding hydrogens is 320 g/mol. The van der Waals surface area contributed by atoms with Gasteiger partial charge in [-0.3, -0.25) is 9.52 Å². The maximum absolute atomic E-state index is 12.1. The lowest BCUT2D eigenvalue weighted by molar-refractivity contribution is -0.120. The second kappa shape index (κ2) is 6.04. The molecule has 1 N–H and O–H groups in total. The van der Waals surface area contributed by atoms with Crippen LogP contribution < -0.4 is 9.46 Å². The number of amides is 1. The quantitative estimate of drug-likeness (QED) is 0.857. The van der Waals surface area contributed by atoms with Crippen LogP contribution in [0.15, 0.2) is 41.1 Å². The average Bonchev–Trinajstić information content (AvgIpc) is 3.18. The SMILES string of the molecule is COc1cccc([C@H]2C[C@H]2C(=O)NS(=O)(=O)Cc2ccon2)c1. The Labute approximate surface area is 133 Å². The molecule has 1 heterocycles. The molecule has 1 aliphatic rings. The number of hydrogen-bond donors (Lipinski definition) is 1. The van der Waals surface area contributed by atoms with E-state index in [1.807, 2.05) is 24.3 Å². The molecular formula is C15H16N2O5S. The van der Waals surface area contributed by atoms with Crippen molar-refractivity contribution in [3.8, 4) is 5.75 Å². The van der Waals surface area contributed by atoms with Gasteiger partial charge in [-0.15, -0.1) is 0 Å². The standard InChI is InChI=1S/C15H16N2O5S/c1-21-12-4-2-3-10(7-12)13-8-14(13)15(18)17-23(19,20)9-11-5-6-22-16-11/h2-7,13-14H,8-9H2,1H3,(H,17,18)/t13-,14-/m1/s1. The largest absolute Gasteiger partial charge is 0.497 e. The van der Waals surface area contributed by atoms with Gasteiger partial charge in [-0.05, 0) is 30.0 Å². The molecule has 1 aliphatic carbocycles. The first-order chi connectivity index (χ1) is 11.0. The van der Waals surface area contributed by atoms with Crippen LogP contribution in [0.4, 0.5) is 0 Å². The van der Waals surface area contributed by atoms with Gasteiger partial charge in [0.05, 0.1) is 7.11 Å². The summed E-state index contributed by atoms with van der Waals surface area (Å²) in [6.45, 7) is 0. The van der Waals surface area contributed by atoms with E-state index in [4.69, 9.17) is 4.74 Å². The van der Waals surface area contributed by atoms with Crippen molar-refractivity contribution in [1.29, 1.82) is 0 Å². The van der Waals surface area contributed by atoms with Crippen molar-refractivity contribution in [3.63, 3.8) is 0 Å². The summed E-state index contributed by atoms with van der Waals surface area (Å²) in [5, 5.41) is 3.53. The van der Waals surface area contributed by atoms with Crippen molar-refractivity contribution < 1.29 is 22.5 Å². The molecule has 0 aliphatic heterocycles. The molecule has 0 radical (unpaired) electrons. The maximum Gasteiger partial charge on any atom is 0.240 e. The van der Waals surface area contributed by atoms with E-state index in [2.05, 4.69) is 14.4 Å². The Balaban J connectivity index is 1.61. The van der Waals surface area contributed by atoms with Gasteiger partial charge in [0.1, 0.15) is 23.5 Å². The second-order valence-corrected chi connectivity index (χ2v) is 7.16. The predicted octanol–water partition coefficient (Wildman–Crippen LogP) is 1.43. The molecule has 1 aromatic heterocycles. The van der Waals surface area contributed by atoms with E-state index < -0.39 is 15.9 Å². The van der Waals surface area contributed by atoms with Crippen LogP contribution in [0.2, 0.25) is 0 Å². The zero-order chi connectivity index (χ0) is 16.4. The molecule has 8 heteroatoms. The predicted molar refractivity (Wildman–Crippen MR) is 81.1 cm³/mol. The highest BCUT2D eigenvalue weighted by Gasteiger charge is 2.45. The number of rotatable bonds is 6. The van der Waals surface area contributed by atoms with Crippen LogP contribution in [0.3, 0.4) is 0 Å². The van der Waals surface area contributed by atoms with E-state index in [1.165, 1.54) is 12.3 Å². The Kier molecular flexibility index (Phi) is 4.08. The molecule has 0 saturated heterocycles. The zero-order valence-corrected chi connectivity index (χ0v) is 13.2. The summed E-state index contributed by atoms with van der Waals surface area (Å²) >= 11 is 0. The number of carbonyl (C=O) groups excluding carboxylic acids is 1. The summed E-state index contributed by atoms with van der Waals surface area (Å²) in [6.07, 6.45) is 1.91. The third-order valence-corrected chi connectivity index (χ3v) is 4.92. The Hall–Kier alpha value is -2.35. The molecule has 7 nitrogen and oxygen atoms in total. The van der Waals surface area contributed by atoms with E-state index >= 15 is 0 Å². The van der Waals surface area contributed by atoms with Gasteiger partial charge >= 0.3 is 0 Å². The highest BCUT2D eigenvalue weighted by atomic mass is 32.2. The summed E-state index contributed by atoms with van der Waals surface area (Å²) in [7, 11) is -2.20. The minimum absolute atomic E-state index is 0.0207. The van der Waals surface area contributed by atoms with Crippen LogP contribution in [0.5, 0.6) is 5.75 Å². The van der Waals surface area contributed by atoms with Crippen LogP contribution >= 0.6 is 0 Å². The monoisotopic (exact) mass is 336 g/mol. The fourth-order valence-corrected chi connectivity index (χ4v) is 3.57. The van der Waals surface area contributed by atoms with Gasteiger partial charge in [0, 0.05) is 12.0 Å². The van der Waals surface area contributed by atoms with Gasteiger partial charge in [0.15, 0.2) is 0 Å². The maximum atomic E-state index is 12.1. The fraction of sp³-hybridized carbons (Fsp3) is 0.333. The highest BCUT2D eigenvalue weighted by Crippen LogP contribution is 2.48. The molecule has 0 spiro atoms. The van der Waals surface area contributed by atoms with Gasteiger partial charge in [0.25, 0.3) is 0 Å². The second-order valence-electron chi connectivity index (χ2n) is 5.44. The molecule has 0 bridgehead atoms. The number of nitrogens with zero attached hydrogens (tertiary/aromatic N) is 1. The number of benzene rings is 1. The molecule has 1 aromatic carbocycles. The Morgan fingerprint density at radius 2 is 2.26 bits per heavy atom. The van der Waals surface area contributed by atoms with Crippen LogP contribution in [0.25, 0.3) is 0 Å². The molecule has 2 aromatic rings. The van der Waals surface area contributed by atoms with Gasteiger partial charge in [0.2, 0.25) is 15.9 Å². The van der Waals surface area contributed by atoms with Gasteiger partial charge < -0.3 is 9.26 Å². The van der Waals surface area contributed by atoms with Crippen molar-refractivity contribution in [3.05, 3.63) is 47.9 Å². The first-order valence-corrected chi connectivity index (χ1v) is 8.71. The molecule has 122 valence electrons. The molecule has 1 saturated carbocycles. The Morgan fingerprint density at radius 1 is 1.43 bits per heavy atom.